The Labute approximate surface area is 138 Å². The van der Waals surface area contributed by atoms with Gasteiger partial charge in [0.15, 0.2) is 0 Å². The first kappa shape index (κ1) is 16.3. The van der Waals surface area contributed by atoms with Crippen molar-refractivity contribution in [2.24, 2.45) is 5.92 Å². The van der Waals surface area contributed by atoms with Gasteiger partial charge < -0.3 is 10.1 Å². The molecule has 1 aliphatic carbocycles. The second-order valence-electron chi connectivity index (χ2n) is 6.64. The van der Waals surface area contributed by atoms with Crippen LogP contribution in [-0.2, 0) is 9.53 Å². The predicted molar refractivity (Wildman–Crippen MR) is 91.2 cm³/mol. The van der Waals surface area contributed by atoms with E-state index in [4.69, 9.17) is 4.74 Å². The Morgan fingerprint density at radius 1 is 1.27 bits per heavy atom. The highest BCUT2D eigenvalue weighted by Gasteiger charge is 2.39. The zero-order valence-electron chi connectivity index (χ0n) is 13.4. The van der Waals surface area contributed by atoms with E-state index in [1.165, 1.54) is 24.3 Å². The molecule has 3 aliphatic rings. The van der Waals surface area contributed by atoms with E-state index in [9.17, 15) is 4.79 Å². The molecule has 1 amide bonds. The predicted octanol–water partition coefficient (Wildman–Crippen LogP) is 2.06. The van der Waals surface area contributed by atoms with Crippen molar-refractivity contribution in [3.63, 3.8) is 0 Å². The van der Waals surface area contributed by atoms with Crippen LogP contribution in [0.2, 0.25) is 0 Å². The Morgan fingerprint density at radius 2 is 2.05 bits per heavy atom. The van der Waals surface area contributed by atoms with Gasteiger partial charge in [-0.05, 0) is 43.6 Å². The van der Waals surface area contributed by atoms with Gasteiger partial charge in [-0.2, -0.15) is 11.8 Å². The quantitative estimate of drug-likeness (QED) is 0.804. The van der Waals surface area contributed by atoms with E-state index in [-0.39, 0.29) is 17.4 Å². The molecule has 4 nitrogen and oxygen atoms in total. The maximum Gasteiger partial charge on any atom is 0.223 e. The first-order valence-electron chi connectivity index (χ1n) is 8.63. The summed E-state index contributed by atoms with van der Waals surface area (Å²) in [6, 6.07) is 0. The number of ether oxygens (including phenoxy) is 1. The lowest BCUT2D eigenvalue weighted by molar-refractivity contribution is -0.126. The van der Waals surface area contributed by atoms with Crippen molar-refractivity contribution >= 4 is 17.7 Å². The van der Waals surface area contributed by atoms with Crippen LogP contribution in [0.3, 0.4) is 0 Å². The highest BCUT2D eigenvalue weighted by Crippen LogP contribution is 2.33. The number of amides is 1. The fourth-order valence-electron chi connectivity index (χ4n) is 3.82. The minimum absolute atomic E-state index is 0.162. The number of thioether (sulfide) groups is 1. The van der Waals surface area contributed by atoms with Crippen molar-refractivity contribution < 1.29 is 9.53 Å². The molecule has 5 heteroatoms. The summed E-state index contributed by atoms with van der Waals surface area (Å²) in [4.78, 5) is 15.1. The Balaban J connectivity index is 1.59. The van der Waals surface area contributed by atoms with E-state index in [0.29, 0.717) is 0 Å². The van der Waals surface area contributed by atoms with Gasteiger partial charge in [-0.1, -0.05) is 12.2 Å². The second-order valence-corrected chi connectivity index (χ2v) is 7.86. The molecular formula is C17H28N2O2S. The lowest BCUT2D eigenvalue weighted by Gasteiger charge is -2.48. The summed E-state index contributed by atoms with van der Waals surface area (Å²) < 4.78 is 5.51. The van der Waals surface area contributed by atoms with Gasteiger partial charge in [0.2, 0.25) is 5.91 Å². The first-order valence-corrected chi connectivity index (χ1v) is 9.79. The van der Waals surface area contributed by atoms with E-state index in [0.717, 1.165) is 52.1 Å². The maximum atomic E-state index is 12.5. The summed E-state index contributed by atoms with van der Waals surface area (Å²) in [5.74, 6) is 2.86. The van der Waals surface area contributed by atoms with Crippen LogP contribution in [0.25, 0.3) is 0 Å². The van der Waals surface area contributed by atoms with Gasteiger partial charge in [-0.3, -0.25) is 9.69 Å². The van der Waals surface area contributed by atoms with Crippen molar-refractivity contribution in [3.8, 4) is 0 Å². The number of nitrogens with zero attached hydrogens (tertiary/aromatic N) is 1. The van der Waals surface area contributed by atoms with Crippen LogP contribution < -0.4 is 5.32 Å². The van der Waals surface area contributed by atoms with Gasteiger partial charge >= 0.3 is 0 Å². The lowest BCUT2D eigenvalue weighted by atomic mass is 9.88. The van der Waals surface area contributed by atoms with Crippen LogP contribution in [-0.4, -0.2) is 60.7 Å². The highest BCUT2D eigenvalue weighted by atomic mass is 32.2. The van der Waals surface area contributed by atoms with E-state index in [1.54, 1.807) is 0 Å². The van der Waals surface area contributed by atoms with Gasteiger partial charge in [0.25, 0.3) is 0 Å². The normalized spacial score (nSPS) is 29.2. The number of hydrogen-bond donors (Lipinski definition) is 1. The number of hydrogen-bond acceptors (Lipinski definition) is 4. The zero-order valence-corrected chi connectivity index (χ0v) is 14.2. The van der Waals surface area contributed by atoms with Crippen molar-refractivity contribution in [1.82, 2.24) is 10.2 Å². The monoisotopic (exact) mass is 324 g/mol. The molecule has 3 rings (SSSR count). The summed E-state index contributed by atoms with van der Waals surface area (Å²) in [5.41, 5.74) is 0.162. The van der Waals surface area contributed by atoms with E-state index in [1.807, 2.05) is 11.8 Å². The molecule has 0 aromatic heterocycles. The largest absolute Gasteiger partial charge is 0.379 e. The molecule has 0 aromatic carbocycles. The first-order chi connectivity index (χ1) is 10.8. The lowest BCUT2D eigenvalue weighted by Crippen LogP contribution is -2.60. The molecular weight excluding hydrogens is 296 g/mol. The third-order valence-corrected chi connectivity index (χ3v) is 6.32. The van der Waals surface area contributed by atoms with Crippen LogP contribution in [0.4, 0.5) is 0 Å². The molecule has 2 heterocycles. The average molecular weight is 324 g/mol. The molecule has 2 saturated heterocycles. The van der Waals surface area contributed by atoms with Gasteiger partial charge in [-0.15, -0.1) is 0 Å². The summed E-state index contributed by atoms with van der Waals surface area (Å²) >= 11 is 2.04. The number of carbonyl (C=O) groups is 1. The molecule has 0 spiro atoms. The second kappa shape index (κ2) is 7.84. The van der Waals surface area contributed by atoms with Gasteiger partial charge in [0.1, 0.15) is 0 Å². The van der Waals surface area contributed by atoms with Gasteiger partial charge in [0.05, 0.1) is 13.2 Å². The van der Waals surface area contributed by atoms with Gasteiger partial charge in [0, 0.05) is 31.1 Å². The molecule has 1 atom stereocenters. The molecule has 22 heavy (non-hydrogen) atoms. The number of carbonyl (C=O) groups excluding carboxylic acids is 1. The molecule has 0 bridgehead atoms. The Morgan fingerprint density at radius 3 is 2.73 bits per heavy atom. The highest BCUT2D eigenvalue weighted by molar-refractivity contribution is 7.99. The summed E-state index contributed by atoms with van der Waals surface area (Å²) in [7, 11) is 0. The average Bonchev–Trinajstić information content (AvgIpc) is 2.62. The van der Waals surface area contributed by atoms with Crippen molar-refractivity contribution in [1.29, 1.82) is 0 Å². The summed E-state index contributed by atoms with van der Waals surface area (Å²) in [6.07, 6.45) is 9.67. The SMILES string of the molecule is O=C(NCC1(N2CCOCC2)CCSCC1)C1CC=CCC1. The summed E-state index contributed by atoms with van der Waals surface area (Å²) in [6.45, 7) is 4.48. The van der Waals surface area contributed by atoms with Crippen LogP contribution in [0.1, 0.15) is 32.1 Å². The fourth-order valence-corrected chi connectivity index (χ4v) is 5.07. The van der Waals surface area contributed by atoms with Gasteiger partial charge in [-0.25, -0.2) is 0 Å². The Hall–Kier alpha value is -0.520. The van der Waals surface area contributed by atoms with Crippen molar-refractivity contribution in [3.05, 3.63) is 12.2 Å². The fraction of sp³-hybridized carbons (Fsp3) is 0.824. The molecule has 0 aromatic rings. The number of allylic oxidation sites excluding steroid dienone is 2. The maximum absolute atomic E-state index is 12.5. The Kier molecular flexibility index (Phi) is 5.83. The Bertz CT molecular complexity index is 401. The van der Waals surface area contributed by atoms with E-state index >= 15 is 0 Å². The van der Waals surface area contributed by atoms with E-state index in [2.05, 4.69) is 22.4 Å². The zero-order chi connectivity index (χ0) is 15.3. The van der Waals surface area contributed by atoms with E-state index < -0.39 is 0 Å². The molecule has 1 unspecified atom stereocenters. The van der Waals surface area contributed by atoms with Crippen LogP contribution in [0.5, 0.6) is 0 Å². The third kappa shape index (κ3) is 3.87. The number of rotatable bonds is 4. The molecule has 2 aliphatic heterocycles. The van der Waals surface area contributed by atoms with Crippen LogP contribution in [0, 0.1) is 5.92 Å². The standard InChI is InChI=1S/C17H28N2O2S/c20-16(15-4-2-1-3-5-15)18-14-17(6-12-22-13-7-17)19-8-10-21-11-9-19/h1-2,15H,3-14H2,(H,18,20). The van der Waals surface area contributed by atoms with Crippen LogP contribution in [0.15, 0.2) is 12.2 Å². The smallest absolute Gasteiger partial charge is 0.223 e. The molecule has 124 valence electrons. The van der Waals surface area contributed by atoms with Crippen LogP contribution >= 0.6 is 11.8 Å². The number of nitrogens with one attached hydrogen (secondary N) is 1. The third-order valence-electron chi connectivity index (χ3n) is 5.34. The van der Waals surface area contributed by atoms with Crippen molar-refractivity contribution in [2.45, 2.75) is 37.6 Å². The van der Waals surface area contributed by atoms with Crippen molar-refractivity contribution in [2.75, 3.05) is 44.4 Å². The molecule has 1 N–H and O–H groups in total. The molecule has 0 radical (unpaired) electrons. The summed E-state index contributed by atoms with van der Waals surface area (Å²) in [5, 5.41) is 3.30. The molecule has 0 saturated carbocycles. The number of morpholine rings is 1. The topological polar surface area (TPSA) is 41.6 Å². The molecule has 2 fully saturated rings. The minimum Gasteiger partial charge on any atom is -0.379 e. The minimum atomic E-state index is 0.162.